The molecular weight excluding hydrogens is 328 g/mol. The molecule has 1 aromatic heterocycles. The van der Waals surface area contributed by atoms with Crippen LogP contribution < -0.4 is 0 Å². The molecule has 2 aliphatic rings. The molecule has 1 fully saturated rings. The highest BCUT2D eigenvalue weighted by molar-refractivity contribution is 7.89. The molecule has 4 nitrogen and oxygen atoms in total. The maximum atomic E-state index is 12.9. The zero-order chi connectivity index (χ0) is 15.9. The second-order valence-corrected chi connectivity index (χ2v) is 9.35. The molecule has 122 valence electrons. The summed E-state index contributed by atoms with van der Waals surface area (Å²) in [6.45, 7) is 0.631. The van der Waals surface area contributed by atoms with E-state index in [1.54, 1.807) is 21.8 Å². The summed E-state index contributed by atoms with van der Waals surface area (Å²) in [5.74, 6) is 0.457. The van der Waals surface area contributed by atoms with Crippen LogP contribution in [-0.2, 0) is 22.9 Å². The Hall–Kier alpha value is -1.24. The van der Waals surface area contributed by atoms with Crippen molar-refractivity contribution in [3.05, 3.63) is 52.0 Å². The number of sulfonamides is 1. The fourth-order valence-corrected chi connectivity index (χ4v) is 6.76. The largest absolute Gasteiger partial charge is 0.248 e. The van der Waals surface area contributed by atoms with Crippen LogP contribution in [0.25, 0.3) is 0 Å². The van der Waals surface area contributed by atoms with Crippen molar-refractivity contribution in [2.24, 2.45) is 5.92 Å². The Kier molecular flexibility index (Phi) is 3.99. The second kappa shape index (κ2) is 6.00. The van der Waals surface area contributed by atoms with Crippen LogP contribution in [0.2, 0.25) is 0 Å². The number of aromatic nitrogens is 1. The third-order valence-corrected chi connectivity index (χ3v) is 7.80. The molecule has 23 heavy (non-hydrogen) atoms. The molecule has 6 heteroatoms. The number of benzene rings is 1. The van der Waals surface area contributed by atoms with Crippen molar-refractivity contribution in [1.29, 1.82) is 0 Å². The average molecular weight is 348 g/mol. The molecule has 1 atom stereocenters. The molecule has 0 saturated carbocycles. The molecule has 0 bridgehead atoms. The molecule has 2 heterocycles. The van der Waals surface area contributed by atoms with Crippen LogP contribution in [0.3, 0.4) is 0 Å². The fraction of sp³-hybridized carbons (Fsp3) is 0.471. The molecule has 0 amide bonds. The lowest BCUT2D eigenvalue weighted by Gasteiger charge is -2.24. The van der Waals surface area contributed by atoms with Gasteiger partial charge in [0.05, 0.1) is 11.8 Å². The van der Waals surface area contributed by atoms with E-state index < -0.39 is 10.0 Å². The van der Waals surface area contributed by atoms with E-state index >= 15 is 0 Å². The highest BCUT2D eigenvalue weighted by Gasteiger charge is 2.38. The standard InChI is InChI=1S/C17H20N2O2S2/c20-23(21,12-13-10-14-4-1-2-5-15(14)11-13)19-8-3-6-16(19)17-18-7-9-22-17/h1-2,4-5,7,9,13,16H,3,6,8,10-12H2. The molecule has 1 unspecified atom stereocenters. The molecule has 0 radical (unpaired) electrons. The van der Waals surface area contributed by atoms with Crippen LogP contribution in [0, 0.1) is 5.92 Å². The number of rotatable bonds is 4. The van der Waals surface area contributed by atoms with Gasteiger partial charge in [0.25, 0.3) is 0 Å². The number of hydrogen-bond acceptors (Lipinski definition) is 4. The van der Waals surface area contributed by atoms with E-state index in [0.717, 1.165) is 30.7 Å². The van der Waals surface area contributed by atoms with Crippen LogP contribution in [-0.4, -0.2) is 30.0 Å². The van der Waals surface area contributed by atoms with Gasteiger partial charge in [0.2, 0.25) is 10.0 Å². The van der Waals surface area contributed by atoms with Gasteiger partial charge in [-0.1, -0.05) is 24.3 Å². The van der Waals surface area contributed by atoms with Crippen molar-refractivity contribution >= 4 is 21.4 Å². The van der Waals surface area contributed by atoms with E-state index in [1.165, 1.54) is 11.1 Å². The zero-order valence-corrected chi connectivity index (χ0v) is 14.5. The van der Waals surface area contributed by atoms with Crippen LogP contribution in [0.15, 0.2) is 35.8 Å². The fourth-order valence-electron chi connectivity index (χ4n) is 3.88. The maximum absolute atomic E-state index is 12.9. The van der Waals surface area contributed by atoms with Crippen molar-refractivity contribution in [3.63, 3.8) is 0 Å². The second-order valence-electron chi connectivity index (χ2n) is 6.46. The number of hydrogen-bond donors (Lipinski definition) is 0. The Labute approximate surface area is 141 Å². The number of nitrogens with zero attached hydrogens (tertiary/aromatic N) is 2. The lowest BCUT2D eigenvalue weighted by atomic mass is 10.1. The Morgan fingerprint density at radius 1 is 1.22 bits per heavy atom. The van der Waals surface area contributed by atoms with Gasteiger partial charge in [0, 0.05) is 18.1 Å². The third-order valence-electron chi connectivity index (χ3n) is 4.88. The van der Waals surface area contributed by atoms with Gasteiger partial charge in [-0.2, -0.15) is 4.31 Å². The Balaban J connectivity index is 1.50. The van der Waals surface area contributed by atoms with E-state index in [4.69, 9.17) is 0 Å². The first-order valence-electron chi connectivity index (χ1n) is 8.09. The molecule has 1 saturated heterocycles. The highest BCUT2D eigenvalue weighted by atomic mass is 32.2. The first kappa shape index (κ1) is 15.3. The van der Waals surface area contributed by atoms with Gasteiger partial charge in [0.15, 0.2) is 0 Å². The smallest absolute Gasteiger partial charge is 0.215 e. The summed E-state index contributed by atoms with van der Waals surface area (Å²) >= 11 is 1.56. The van der Waals surface area contributed by atoms with Gasteiger partial charge >= 0.3 is 0 Å². The van der Waals surface area contributed by atoms with Crippen LogP contribution in [0.1, 0.15) is 35.0 Å². The summed E-state index contributed by atoms with van der Waals surface area (Å²) in [4.78, 5) is 4.34. The summed E-state index contributed by atoms with van der Waals surface area (Å²) in [7, 11) is -3.24. The Bertz CT molecular complexity index is 762. The first-order valence-corrected chi connectivity index (χ1v) is 10.6. The normalized spacial score (nSPS) is 22.5. The van der Waals surface area contributed by atoms with Gasteiger partial charge in [-0.3, -0.25) is 0 Å². The molecule has 2 aromatic rings. The summed E-state index contributed by atoms with van der Waals surface area (Å²) in [6.07, 6.45) is 5.33. The topological polar surface area (TPSA) is 50.3 Å². The maximum Gasteiger partial charge on any atom is 0.215 e. The molecule has 0 N–H and O–H groups in total. The Morgan fingerprint density at radius 2 is 1.96 bits per heavy atom. The van der Waals surface area contributed by atoms with Crippen molar-refractivity contribution in [2.75, 3.05) is 12.3 Å². The lowest BCUT2D eigenvalue weighted by molar-refractivity contribution is 0.390. The van der Waals surface area contributed by atoms with Gasteiger partial charge in [-0.05, 0) is 42.7 Å². The summed E-state index contributed by atoms with van der Waals surface area (Å²) in [6, 6.07) is 8.26. The predicted octanol–water partition coefficient (Wildman–Crippen LogP) is 3.02. The van der Waals surface area contributed by atoms with Crippen molar-refractivity contribution < 1.29 is 8.42 Å². The minimum Gasteiger partial charge on any atom is -0.248 e. The lowest BCUT2D eigenvalue weighted by Crippen LogP contribution is -2.35. The summed E-state index contributed by atoms with van der Waals surface area (Å²) < 4.78 is 27.6. The highest BCUT2D eigenvalue weighted by Crippen LogP contribution is 2.37. The van der Waals surface area contributed by atoms with Gasteiger partial charge in [0.1, 0.15) is 5.01 Å². The minimum absolute atomic E-state index is 0.0521. The van der Waals surface area contributed by atoms with Gasteiger partial charge < -0.3 is 0 Å². The van der Waals surface area contributed by atoms with E-state index in [-0.39, 0.29) is 17.7 Å². The van der Waals surface area contributed by atoms with Crippen molar-refractivity contribution in [3.8, 4) is 0 Å². The zero-order valence-electron chi connectivity index (χ0n) is 12.9. The van der Waals surface area contributed by atoms with Crippen molar-refractivity contribution in [1.82, 2.24) is 9.29 Å². The molecule has 1 aliphatic heterocycles. The molecular formula is C17H20N2O2S2. The van der Waals surface area contributed by atoms with Crippen molar-refractivity contribution in [2.45, 2.75) is 31.7 Å². The average Bonchev–Trinajstić information content (AvgIpc) is 3.25. The number of thiazole rings is 1. The van der Waals surface area contributed by atoms with E-state index in [2.05, 4.69) is 17.1 Å². The monoisotopic (exact) mass is 348 g/mol. The molecule has 1 aliphatic carbocycles. The van der Waals surface area contributed by atoms with Crippen LogP contribution in [0.4, 0.5) is 0 Å². The Morgan fingerprint density at radius 3 is 2.61 bits per heavy atom. The summed E-state index contributed by atoms with van der Waals surface area (Å²) in [5, 5.41) is 2.85. The van der Waals surface area contributed by atoms with Gasteiger partial charge in [-0.15, -0.1) is 11.3 Å². The van der Waals surface area contributed by atoms with E-state index in [1.807, 2.05) is 17.5 Å². The quantitative estimate of drug-likeness (QED) is 0.853. The SMILES string of the molecule is O=S(=O)(CC1Cc2ccccc2C1)N1CCCC1c1nccs1. The molecule has 1 aromatic carbocycles. The van der Waals surface area contributed by atoms with Crippen LogP contribution in [0.5, 0.6) is 0 Å². The predicted molar refractivity (Wildman–Crippen MR) is 91.9 cm³/mol. The number of fused-ring (bicyclic) bond motifs is 1. The summed E-state index contributed by atoms with van der Waals surface area (Å²) in [5.41, 5.74) is 2.62. The van der Waals surface area contributed by atoms with Crippen LogP contribution >= 0.6 is 11.3 Å². The third kappa shape index (κ3) is 2.95. The molecule has 0 spiro atoms. The molecule has 4 rings (SSSR count). The minimum atomic E-state index is -3.24. The van der Waals surface area contributed by atoms with E-state index in [9.17, 15) is 8.42 Å². The van der Waals surface area contributed by atoms with E-state index in [0.29, 0.717) is 6.54 Å². The van der Waals surface area contributed by atoms with Gasteiger partial charge in [-0.25, -0.2) is 13.4 Å². The first-order chi connectivity index (χ1) is 11.1.